The summed E-state index contributed by atoms with van der Waals surface area (Å²) in [6.07, 6.45) is -0.776. The van der Waals surface area contributed by atoms with Gasteiger partial charge in [-0.15, -0.1) is 29.5 Å². The summed E-state index contributed by atoms with van der Waals surface area (Å²) in [5.41, 5.74) is 15.8. The number of phenolic OH excluding ortho intramolecular Hbond substituents is 1. The summed E-state index contributed by atoms with van der Waals surface area (Å²) in [5.74, 6) is -12.1. The van der Waals surface area contributed by atoms with Crippen molar-refractivity contribution >= 4 is 162 Å². The van der Waals surface area contributed by atoms with Crippen LogP contribution in [0.15, 0.2) is 106 Å². The van der Waals surface area contributed by atoms with Crippen LogP contribution in [0, 0.1) is 25.2 Å². The highest BCUT2D eigenvalue weighted by atomic mass is 32.2. The van der Waals surface area contributed by atoms with Gasteiger partial charge in [0.2, 0.25) is 59.1 Å². The molecule has 0 bridgehead atoms. The molecule has 0 aromatic heterocycles. The molecule has 48 heteroatoms. The molecule has 6 atom stereocenters. The number of thioether (sulfide) groups is 1. The van der Waals surface area contributed by atoms with Crippen molar-refractivity contribution in [3.05, 3.63) is 108 Å². The number of nitrogens with zero attached hydrogens (tertiary/aromatic N) is 7. The summed E-state index contributed by atoms with van der Waals surface area (Å²) < 4.78 is 69.4. The van der Waals surface area contributed by atoms with Gasteiger partial charge < -0.3 is 84.1 Å². The standard InChI is InChI=1S/C83H109N19O23S2.O3S/c1-51-37-54(55-17-21-60(52(2)38-55)96-97-61-22-18-57-68(127(121,122)123)23-19-58(84)76(57)77(61)115)16-20-59(51)93-80(118)63(91-71(108)44-98-29-30-99(45-75(113)114)32-34-101(48-125-50-104)36-35-100(33-31-98)47-124-49-103)13-6-8-25-87-69(106)24-28-102-73(110)42-67(82(102)120)126-46-72(109)88-26-9-7-14-64-81(119)95-62(15-10-27-89-83(85)86)79(117)90-43-70(107)92-65(41-74(111)112)66(105)40-56(78(116)94-64)39-53-11-4-3-5-12-53;1-4(2)3/h3-5,11-12,16-23,37-38,49-50,56,62-65,67,115H,6-10,13-15,24-36,39-48,84H2,1-2H3,(H,87,106)(H,88,109)(H,90,117)(H,91,108)(H,92,107)(H,93,118)(H,94,116)(H,95,119)(H,111,112)(H,113,114)(H4,85,86,89)(H,121,122,123);/t56-,62+,63-,64-,65+,67?;/m1./s1. The van der Waals surface area contributed by atoms with Gasteiger partial charge in [0.05, 0.1) is 54.2 Å². The number of carbonyl (C=O) groups excluding carboxylic acids is 13. The van der Waals surface area contributed by atoms with E-state index in [1.54, 1.807) is 83.1 Å². The number of hydrogen-bond acceptors (Lipinski definition) is 32. The Bertz CT molecular complexity index is 5210. The Morgan fingerprint density at radius 1 is 0.656 bits per heavy atom. The van der Waals surface area contributed by atoms with Crippen LogP contribution in [0.5, 0.6) is 5.75 Å². The molecule has 10 amide bonds. The van der Waals surface area contributed by atoms with E-state index in [0.717, 1.165) is 33.9 Å². The first-order valence-corrected chi connectivity index (χ1v) is 45.2. The number of nitrogens with two attached hydrogens (primary N) is 2. The molecule has 3 fully saturated rings. The molecule has 0 saturated carbocycles. The van der Waals surface area contributed by atoms with Crippen LogP contribution >= 0.6 is 11.8 Å². The first-order chi connectivity index (χ1) is 62.4. The number of amides is 10. The average molecular weight is 1890 g/mol. The van der Waals surface area contributed by atoms with Crippen LogP contribution < -0.4 is 59.3 Å². The zero-order chi connectivity index (χ0) is 95.9. The van der Waals surface area contributed by atoms with E-state index >= 15 is 0 Å². The third kappa shape index (κ3) is 35.8. The van der Waals surface area contributed by atoms with Crippen LogP contribution in [0.3, 0.4) is 0 Å². The Morgan fingerprint density at radius 2 is 1.23 bits per heavy atom. The van der Waals surface area contributed by atoms with E-state index in [-0.39, 0.29) is 190 Å². The number of hydrogen-bond donors (Lipinski definition) is 16. The fourth-order valence-corrected chi connectivity index (χ4v) is 16.1. The molecule has 3 saturated heterocycles. The van der Waals surface area contributed by atoms with Crippen molar-refractivity contribution in [3.8, 4) is 16.9 Å². The molecular formula is C83H109N19O26S3. The maximum absolute atomic E-state index is 14.6. The van der Waals surface area contributed by atoms with Crippen molar-refractivity contribution in [2.24, 2.45) is 21.9 Å². The molecule has 5 aromatic rings. The number of nitrogen functional groups attached to an aromatic ring is 1. The number of anilines is 2. The van der Waals surface area contributed by atoms with E-state index in [9.17, 15) is 100 Å². The fraction of sp³-hybridized carbons (Fsp3) is 0.470. The Balaban J connectivity index is 0.00000574. The number of ketones is 1. The second-order valence-electron chi connectivity index (χ2n) is 30.9. The van der Waals surface area contributed by atoms with Gasteiger partial charge in [-0.3, -0.25) is 106 Å². The third-order valence-corrected chi connectivity index (χ3v) is 23.3. The topological polar surface area (TPSA) is 666 Å². The largest absolute Gasteiger partial charge is 0.505 e. The van der Waals surface area contributed by atoms with E-state index < -0.39 is 163 Å². The van der Waals surface area contributed by atoms with Gasteiger partial charge in [-0.05, 0) is 142 Å². The lowest BCUT2D eigenvalue weighted by Gasteiger charge is -2.33. The van der Waals surface area contributed by atoms with Crippen LogP contribution in [-0.4, -0.2) is 308 Å². The van der Waals surface area contributed by atoms with E-state index in [2.05, 4.69) is 58.1 Å². The number of aliphatic carboxylic acids is 2. The molecule has 131 heavy (non-hydrogen) atoms. The molecule has 3 aliphatic heterocycles. The minimum Gasteiger partial charge on any atom is -0.505 e. The predicted molar refractivity (Wildman–Crippen MR) is 473 cm³/mol. The maximum Gasteiger partial charge on any atom is 0.425 e. The summed E-state index contributed by atoms with van der Waals surface area (Å²) in [4.78, 5) is 205. The summed E-state index contributed by atoms with van der Waals surface area (Å²) in [5, 5.41) is 69.8. The minimum absolute atomic E-state index is 0.0178. The number of aryl methyl sites for hydroxylation is 2. The SMILES string of the molecule is Cc1cc(-c2ccc(NC(=O)[C@@H](CCCCNC(=O)CCN3C(=O)CC(SCC(=O)NCCCC[C@H]4NC(=O)[C@H](Cc5ccccc5)CC(=O)[C@H](CC(=O)O)NC(=O)CNC(=O)[C@H](CCCNC(=N)N)NC4=O)C3=O)NC(=O)CN3CCN(COC=O)CCN(COC=O)CCN(CC(=O)O)CC3)c(C)c2)ccc1N=Nc1ccc2c(S(=O)(=O)O)ccc(N)c2c1O.O=S(=O)=O. The maximum atomic E-state index is 14.6. The van der Waals surface area contributed by atoms with E-state index in [0.29, 0.717) is 60.6 Å². The number of azo groups is 1. The number of Topliss-reactive ketones (excluding diaryl/α,β-unsaturated/α-hetero) is 1. The number of carboxylic acids is 2. The number of carbonyl (C=O) groups is 15. The number of likely N-dealkylation sites (tertiary alicyclic amines) is 1. The normalized spacial score (nSPS) is 18.2. The molecule has 1 unspecified atom stereocenters. The first kappa shape index (κ1) is 105. The van der Waals surface area contributed by atoms with E-state index in [1.165, 1.54) is 18.2 Å². The highest BCUT2D eigenvalue weighted by Gasteiger charge is 2.40. The first-order valence-electron chi connectivity index (χ1n) is 41.7. The van der Waals surface area contributed by atoms with Crippen molar-refractivity contribution < 1.29 is 122 Å². The number of phenols is 1. The van der Waals surface area contributed by atoms with Gasteiger partial charge in [-0.1, -0.05) is 48.5 Å². The monoisotopic (exact) mass is 1880 g/mol. The number of unbranched alkanes of at least 4 members (excludes halogenated alkanes) is 2. The van der Waals surface area contributed by atoms with Crippen LogP contribution in [0.2, 0.25) is 0 Å². The molecule has 0 aliphatic carbocycles. The summed E-state index contributed by atoms with van der Waals surface area (Å²) in [7, 11) is -7.78. The van der Waals surface area contributed by atoms with E-state index in [4.69, 9.17) is 39.0 Å². The number of nitrogens with one attached hydrogen (secondary N) is 10. The molecular weight excluding hydrogens is 1780 g/mol. The lowest BCUT2D eigenvalue weighted by Crippen LogP contribution is -2.55. The smallest absolute Gasteiger partial charge is 0.425 e. The van der Waals surface area contributed by atoms with Gasteiger partial charge in [0.1, 0.15) is 42.2 Å². The van der Waals surface area contributed by atoms with Crippen molar-refractivity contribution in [1.82, 2.24) is 67.0 Å². The fourth-order valence-electron chi connectivity index (χ4n) is 14.4. The summed E-state index contributed by atoms with van der Waals surface area (Å²) in [6.45, 7) is 4.71. The van der Waals surface area contributed by atoms with Gasteiger partial charge in [-0.25, -0.2) is 0 Å². The van der Waals surface area contributed by atoms with Gasteiger partial charge >= 0.3 is 22.5 Å². The van der Waals surface area contributed by atoms with Crippen molar-refractivity contribution in [1.29, 1.82) is 5.41 Å². The van der Waals surface area contributed by atoms with Crippen LogP contribution in [0.4, 0.5) is 22.7 Å². The Morgan fingerprint density at radius 3 is 1.84 bits per heavy atom. The predicted octanol–water partition coefficient (Wildman–Crippen LogP) is 0.0240. The number of aromatic hydroxyl groups is 1. The van der Waals surface area contributed by atoms with Crippen molar-refractivity contribution in [2.45, 2.75) is 132 Å². The molecule has 3 heterocycles. The Hall–Kier alpha value is -13.0. The van der Waals surface area contributed by atoms with Crippen LogP contribution in [0.1, 0.15) is 93.7 Å². The molecule has 3 aliphatic rings. The number of imide groups is 1. The molecule has 0 spiro atoms. The zero-order valence-electron chi connectivity index (χ0n) is 72.0. The third-order valence-electron chi connectivity index (χ3n) is 21.2. The Kier molecular flexibility index (Phi) is 42.7. The van der Waals surface area contributed by atoms with Crippen LogP contribution in [0.25, 0.3) is 21.9 Å². The van der Waals surface area contributed by atoms with Gasteiger partial charge in [0, 0.05) is 120 Å². The lowest BCUT2D eigenvalue weighted by molar-refractivity contribution is -0.141. The van der Waals surface area contributed by atoms with Crippen molar-refractivity contribution in [2.75, 3.05) is 128 Å². The van der Waals surface area contributed by atoms with Gasteiger partial charge in [-0.2, -0.15) is 13.5 Å². The quantitative estimate of drug-likeness (QED) is 0.00359. The van der Waals surface area contributed by atoms with Crippen LogP contribution in [-0.2, 0) is 109 Å². The summed E-state index contributed by atoms with van der Waals surface area (Å²) in [6, 6.07) is 18.9. The molecule has 5 aromatic carbocycles. The van der Waals surface area contributed by atoms with Gasteiger partial charge in [0.15, 0.2) is 17.5 Å². The Labute approximate surface area is 759 Å². The highest BCUT2D eigenvalue weighted by Crippen LogP contribution is 2.42. The molecule has 0 radical (unpaired) electrons. The molecule has 8 rings (SSSR count). The van der Waals surface area contributed by atoms with Gasteiger partial charge in [0.25, 0.3) is 23.1 Å². The average Bonchev–Trinajstić information content (AvgIpc) is 1.68. The number of fused-ring (bicyclic) bond motifs is 1. The molecule has 45 nitrogen and oxygen atoms in total. The number of ether oxygens (including phenoxy) is 2. The minimum atomic E-state index is -4.67. The number of carboxylic acid groups (broad SMARTS) is 2. The molecule has 18 N–H and O–H groups in total. The highest BCUT2D eigenvalue weighted by molar-refractivity contribution is 8.01. The number of benzene rings is 5. The second-order valence-corrected chi connectivity index (χ2v) is 33.9. The zero-order valence-corrected chi connectivity index (χ0v) is 74.4. The molecule has 710 valence electrons. The lowest BCUT2D eigenvalue weighted by atomic mass is 9.90. The van der Waals surface area contributed by atoms with E-state index in [1.807, 2.05) is 17.0 Å². The number of guanidine groups is 1. The summed E-state index contributed by atoms with van der Waals surface area (Å²) >= 11 is 0.921. The van der Waals surface area contributed by atoms with Crippen molar-refractivity contribution in [3.63, 3.8) is 0 Å². The second kappa shape index (κ2) is 53.2. The number of rotatable bonds is 41.